The zero-order chi connectivity index (χ0) is 18.3. The predicted molar refractivity (Wildman–Crippen MR) is 102 cm³/mol. The van der Waals surface area contributed by atoms with Gasteiger partial charge in [-0.2, -0.15) is 0 Å². The number of rotatable bonds is 3. The minimum absolute atomic E-state index is 0.00764. The Balaban J connectivity index is 1.63. The summed E-state index contributed by atoms with van der Waals surface area (Å²) in [5.41, 5.74) is 0.925. The molecule has 7 nitrogen and oxygen atoms in total. The number of hydrogen-bond donors (Lipinski definition) is 1. The highest BCUT2D eigenvalue weighted by atomic mass is 32.2. The normalized spacial score (nSPS) is 33.5. The van der Waals surface area contributed by atoms with E-state index >= 15 is 0 Å². The average molecular weight is 376 g/mol. The molecule has 4 atom stereocenters. The highest BCUT2D eigenvalue weighted by molar-refractivity contribution is 8.04. The second-order valence-electron chi connectivity index (χ2n) is 6.91. The van der Waals surface area contributed by atoms with E-state index in [-0.39, 0.29) is 18.2 Å². The number of thioether (sulfide) groups is 1. The number of aliphatic imine (C=N–C) groups is 2. The molecule has 1 fully saturated rings. The Morgan fingerprint density at radius 3 is 3.19 bits per heavy atom. The van der Waals surface area contributed by atoms with Crippen molar-refractivity contribution in [3.63, 3.8) is 0 Å². The van der Waals surface area contributed by atoms with Crippen molar-refractivity contribution in [2.45, 2.75) is 49.7 Å². The zero-order valence-corrected chi connectivity index (χ0v) is 15.9. The third kappa shape index (κ3) is 2.66. The maximum absolute atomic E-state index is 12.2. The van der Waals surface area contributed by atoms with E-state index in [0.717, 1.165) is 18.6 Å². The van der Waals surface area contributed by atoms with Crippen LogP contribution < -0.4 is 0 Å². The molecule has 0 aromatic carbocycles. The van der Waals surface area contributed by atoms with Crippen LogP contribution in [0.4, 0.5) is 4.79 Å². The van der Waals surface area contributed by atoms with Gasteiger partial charge in [-0.25, -0.2) is 9.79 Å². The van der Waals surface area contributed by atoms with Crippen LogP contribution >= 0.6 is 11.8 Å². The Hall–Kier alpha value is -1.80. The summed E-state index contributed by atoms with van der Waals surface area (Å²) in [5.74, 6) is 0.682. The molecule has 0 aliphatic carbocycles. The minimum atomic E-state index is -0.677. The van der Waals surface area contributed by atoms with Crippen LogP contribution in [0.1, 0.15) is 26.7 Å². The van der Waals surface area contributed by atoms with Gasteiger partial charge in [-0.3, -0.25) is 4.99 Å². The van der Waals surface area contributed by atoms with Gasteiger partial charge in [0.05, 0.1) is 18.4 Å². The first-order valence-electron chi connectivity index (χ1n) is 9.14. The number of aliphatic hydroxyl groups excluding tert-OH is 1. The summed E-state index contributed by atoms with van der Waals surface area (Å²) in [6.07, 6.45) is 6.80. The van der Waals surface area contributed by atoms with Gasteiger partial charge in [0, 0.05) is 25.3 Å². The highest BCUT2D eigenvalue weighted by Crippen LogP contribution is 2.48. The second-order valence-corrected chi connectivity index (χ2v) is 8.04. The van der Waals surface area contributed by atoms with E-state index in [1.807, 2.05) is 24.6 Å². The van der Waals surface area contributed by atoms with E-state index in [0.29, 0.717) is 25.5 Å². The standard InChI is InChI=1S/C18H24N4O3S/c1-3-25-17(24)21-9-4-5-13(11-21)22-15-6-8-19-14-7-10-26-18(14,15)20-16(22)12(2)23/h6-8,10,12-13,15,23H,3-5,9,11H2,1-2H3/t12-,13+,15?,18?/m1/s1. The summed E-state index contributed by atoms with van der Waals surface area (Å²) in [4.78, 5) is 25.1. The lowest BCUT2D eigenvalue weighted by Gasteiger charge is -2.43. The predicted octanol–water partition coefficient (Wildman–Crippen LogP) is 2.00. The van der Waals surface area contributed by atoms with Gasteiger partial charge >= 0.3 is 6.09 Å². The lowest BCUT2D eigenvalue weighted by Crippen LogP contribution is -2.58. The van der Waals surface area contributed by atoms with Crippen molar-refractivity contribution < 1.29 is 14.6 Å². The lowest BCUT2D eigenvalue weighted by atomic mass is 9.96. The lowest BCUT2D eigenvalue weighted by molar-refractivity contribution is 0.0772. The van der Waals surface area contributed by atoms with Crippen molar-refractivity contribution in [1.29, 1.82) is 0 Å². The fraction of sp³-hybridized carbons (Fsp3) is 0.611. The summed E-state index contributed by atoms with van der Waals surface area (Å²) >= 11 is 1.64. The third-order valence-electron chi connectivity index (χ3n) is 5.26. The molecule has 4 aliphatic rings. The van der Waals surface area contributed by atoms with Gasteiger partial charge < -0.3 is 19.6 Å². The molecule has 2 unspecified atom stereocenters. The number of aliphatic hydroxyl groups is 1. The van der Waals surface area contributed by atoms with Gasteiger partial charge in [0.2, 0.25) is 0 Å². The molecule has 1 N–H and O–H groups in total. The van der Waals surface area contributed by atoms with E-state index in [4.69, 9.17) is 9.73 Å². The van der Waals surface area contributed by atoms with Gasteiger partial charge in [-0.15, -0.1) is 0 Å². The molecule has 0 bridgehead atoms. The van der Waals surface area contributed by atoms with E-state index in [1.54, 1.807) is 23.6 Å². The van der Waals surface area contributed by atoms with E-state index in [9.17, 15) is 9.90 Å². The van der Waals surface area contributed by atoms with Crippen molar-refractivity contribution in [2.75, 3.05) is 19.7 Å². The summed E-state index contributed by atoms with van der Waals surface area (Å²) in [6.45, 7) is 5.23. The van der Waals surface area contributed by atoms with Crippen molar-refractivity contribution in [2.24, 2.45) is 9.98 Å². The molecule has 26 heavy (non-hydrogen) atoms. The first-order valence-corrected chi connectivity index (χ1v) is 10.0. The molecular formula is C18H24N4O3S. The number of likely N-dealkylation sites (tertiary alicyclic amines) is 1. The van der Waals surface area contributed by atoms with E-state index in [2.05, 4.69) is 16.0 Å². The Labute approximate surface area is 157 Å². The molecule has 8 heteroatoms. The average Bonchev–Trinajstić information content (AvgIpc) is 3.21. The summed E-state index contributed by atoms with van der Waals surface area (Å²) in [7, 11) is 0. The van der Waals surface area contributed by atoms with Crippen LogP contribution in [0.25, 0.3) is 0 Å². The van der Waals surface area contributed by atoms with Crippen LogP contribution in [-0.2, 0) is 4.74 Å². The van der Waals surface area contributed by atoms with Crippen LogP contribution in [0.2, 0.25) is 0 Å². The van der Waals surface area contributed by atoms with Gasteiger partial charge in [0.25, 0.3) is 0 Å². The smallest absolute Gasteiger partial charge is 0.409 e. The molecule has 4 rings (SSSR count). The number of amides is 1. The molecule has 0 saturated carbocycles. The Kier molecular flexibility index (Phi) is 4.56. The first-order chi connectivity index (χ1) is 12.6. The van der Waals surface area contributed by atoms with E-state index in [1.165, 1.54) is 0 Å². The summed E-state index contributed by atoms with van der Waals surface area (Å²) in [5, 5.41) is 12.4. The van der Waals surface area contributed by atoms with Gasteiger partial charge in [0.15, 0.2) is 4.87 Å². The van der Waals surface area contributed by atoms with Crippen LogP contribution in [0.3, 0.4) is 0 Å². The number of nitrogens with zero attached hydrogens (tertiary/aromatic N) is 4. The highest BCUT2D eigenvalue weighted by Gasteiger charge is 2.56. The van der Waals surface area contributed by atoms with Crippen molar-refractivity contribution in [3.05, 3.63) is 23.8 Å². The quantitative estimate of drug-likeness (QED) is 0.815. The largest absolute Gasteiger partial charge is 0.450 e. The first kappa shape index (κ1) is 17.6. The molecule has 0 aromatic heterocycles. The topological polar surface area (TPSA) is 77.7 Å². The van der Waals surface area contributed by atoms with E-state index < -0.39 is 11.0 Å². The Morgan fingerprint density at radius 1 is 1.58 bits per heavy atom. The molecule has 1 saturated heterocycles. The van der Waals surface area contributed by atoms with Gasteiger partial charge in [-0.1, -0.05) is 11.8 Å². The van der Waals surface area contributed by atoms with Crippen LogP contribution in [0.5, 0.6) is 0 Å². The Morgan fingerprint density at radius 2 is 2.42 bits per heavy atom. The monoisotopic (exact) mass is 376 g/mol. The molecule has 0 aromatic rings. The molecule has 140 valence electrons. The summed E-state index contributed by atoms with van der Waals surface area (Å²) in [6, 6.07) is 0.0860. The number of amidine groups is 1. The Bertz CT molecular complexity index is 717. The molecule has 1 spiro atoms. The molecule has 4 heterocycles. The SMILES string of the molecule is CCOC(=O)N1CCC[C@H](N2C([C@@H](C)O)=NC34SC=CC3=NC=CC24)C1. The molecular weight excluding hydrogens is 352 g/mol. The number of carbonyl (C=O) groups is 1. The van der Waals surface area contributed by atoms with Crippen LogP contribution in [-0.4, -0.2) is 75.3 Å². The molecule has 4 aliphatic heterocycles. The van der Waals surface area contributed by atoms with Gasteiger partial charge in [-0.05, 0) is 44.2 Å². The zero-order valence-electron chi connectivity index (χ0n) is 15.0. The minimum Gasteiger partial charge on any atom is -0.450 e. The number of piperidine rings is 1. The maximum Gasteiger partial charge on any atom is 0.409 e. The van der Waals surface area contributed by atoms with Crippen LogP contribution in [0, 0.1) is 0 Å². The van der Waals surface area contributed by atoms with Crippen LogP contribution in [0.15, 0.2) is 33.7 Å². The van der Waals surface area contributed by atoms with Crippen molar-refractivity contribution >= 4 is 29.4 Å². The third-order valence-corrected chi connectivity index (χ3v) is 6.43. The number of ether oxygens (including phenoxy) is 1. The molecule has 0 radical (unpaired) electrons. The number of hydrogen-bond acceptors (Lipinski definition) is 7. The molecule has 1 amide bonds. The fourth-order valence-corrected chi connectivity index (χ4v) is 5.28. The fourth-order valence-electron chi connectivity index (χ4n) is 4.16. The number of carbonyl (C=O) groups excluding carboxylic acids is 1. The maximum atomic E-state index is 12.2. The summed E-state index contributed by atoms with van der Waals surface area (Å²) < 4.78 is 5.18. The van der Waals surface area contributed by atoms with Crippen molar-refractivity contribution in [3.8, 4) is 0 Å². The van der Waals surface area contributed by atoms with Crippen molar-refractivity contribution in [1.82, 2.24) is 9.80 Å². The second kappa shape index (κ2) is 6.74. The van der Waals surface area contributed by atoms with Gasteiger partial charge in [0.1, 0.15) is 11.9 Å².